The molecule has 1 atom stereocenters. The van der Waals surface area contributed by atoms with E-state index in [1.807, 2.05) is 18.2 Å². The lowest BCUT2D eigenvalue weighted by Crippen LogP contribution is -2.21. The molecule has 1 aliphatic rings. The number of hydrogen-bond acceptors (Lipinski definition) is 0. The Morgan fingerprint density at radius 1 is 1.24 bits per heavy atom. The van der Waals surface area contributed by atoms with E-state index in [9.17, 15) is 0 Å². The van der Waals surface area contributed by atoms with Crippen molar-refractivity contribution in [3.8, 4) is 0 Å². The second-order valence-electron chi connectivity index (χ2n) is 4.95. The van der Waals surface area contributed by atoms with Crippen molar-refractivity contribution in [3.05, 3.63) is 33.8 Å². The Labute approximate surface area is 118 Å². The number of hydrogen-bond donors (Lipinski definition) is 0. The Balaban J connectivity index is 2.35. The minimum Gasteiger partial charge on any atom is -0.117 e. The summed E-state index contributed by atoms with van der Waals surface area (Å²) in [7, 11) is 0. The van der Waals surface area contributed by atoms with Crippen LogP contribution in [0, 0.1) is 5.41 Å². The molecule has 0 heterocycles. The summed E-state index contributed by atoms with van der Waals surface area (Å²) in [6, 6.07) is 5.56. The largest absolute Gasteiger partial charge is 0.117 e. The molecule has 0 saturated heterocycles. The molecule has 0 radical (unpaired) electrons. The van der Waals surface area contributed by atoms with Crippen LogP contribution >= 0.6 is 34.8 Å². The van der Waals surface area contributed by atoms with E-state index in [-0.39, 0.29) is 10.8 Å². The van der Waals surface area contributed by atoms with E-state index in [0.717, 1.165) is 17.0 Å². The molecule has 2 rings (SSSR count). The van der Waals surface area contributed by atoms with Gasteiger partial charge in [-0.25, -0.2) is 0 Å². The highest BCUT2D eigenvalue weighted by atomic mass is 35.5. The van der Waals surface area contributed by atoms with E-state index < -0.39 is 0 Å². The molecule has 17 heavy (non-hydrogen) atoms. The van der Waals surface area contributed by atoms with Gasteiger partial charge in [-0.2, -0.15) is 0 Å². The summed E-state index contributed by atoms with van der Waals surface area (Å²) in [6.07, 6.45) is 6.04. The van der Waals surface area contributed by atoms with Crippen LogP contribution in [0.3, 0.4) is 0 Å². The monoisotopic (exact) mass is 290 g/mol. The molecule has 0 amide bonds. The van der Waals surface area contributed by atoms with Crippen molar-refractivity contribution in [2.45, 2.75) is 44.4 Å². The van der Waals surface area contributed by atoms with Crippen molar-refractivity contribution in [2.75, 3.05) is 0 Å². The molecule has 0 N–H and O–H groups in total. The Kier molecular flexibility index (Phi) is 4.28. The average Bonchev–Trinajstić information content (AvgIpc) is 2.81. The summed E-state index contributed by atoms with van der Waals surface area (Å²) in [5.41, 5.74) is 1.19. The number of benzene rings is 1. The molecule has 0 bridgehead atoms. The molecule has 0 spiro atoms. The molecule has 1 aromatic rings. The molecular formula is C14H17Cl3. The van der Waals surface area contributed by atoms with Crippen molar-refractivity contribution in [3.63, 3.8) is 0 Å². The van der Waals surface area contributed by atoms with Gasteiger partial charge in [0.25, 0.3) is 0 Å². The van der Waals surface area contributed by atoms with E-state index in [2.05, 4.69) is 6.92 Å². The third-order valence-electron chi connectivity index (χ3n) is 4.07. The van der Waals surface area contributed by atoms with Crippen molar-refractivity contribution < 1.29 is 0 Å². The van der Waals surface area contributed by atoms with Gasteiger partial charge in [-0.1, -0.05) is 43.0 Å². The molecule has 1 unspecified atom stereocenters. The van der Waals surface area contributed by atoms with Crippen LogP contribution in [0.2, 0.25) is 10.0 Å². The zero-order valence-electron chi connectivity index (χ0n) is 9.98. The van der Waals surface area contributed by atoms with Gasteiger partial charge in [0.1, 0.15) is 0 Å². The Bertz CT molecular complexity index is 394. The summed E-state index contributed by atoms with van der Waals surface area (Å²) in [4.78, 5) is 0. The van der Waals surface area contributed by atoms with E-state index in [4.69, 9.17) is 34.8 Å². The van der Waals surface area contributed by atoms with Gasteiger partial charge in [0, 0.05) is 10.0 Å². The maximum Gasteiger partial charge on any atom is 0.0656 e. The highest BCUT2D eigenvalue weighted by Gasteiger charge is 2.40. The predicted molar refractivity (Wildman–Crippen MR) is 76.2 cm³/mol. The van der Waals surface area contributed by atoms with Crippen LogP contribution in [0.4, 0.5) is 0 Å². The molecule has 94 valence electrons. The van der Waals surface area contributed by atoms with Crippen molar-refractivity contribution in [1.82, 2.24) is 0 Å². The normalized spacial score (nSPS) is 20.5. The number of halogens is 3. The Morgan fingerprint density at radius 2 is 1.88 bits per heavy atom. The highest BCUT2D eigenvalue weighted by molar-refractivity contribution is 6.34. The smallest absolute Gasteiger partial charge is 0.0656 e. The van der Waals surface area contributed by atoms with Crippen molar-refractivity contribution in [2.24, 2.45) is 5.41 Å². The van der Waals surface area contributed by atoms with E-state index in [1.54, 1.807) is 0 Å². The fraction of sp³-hybridized carbons (Fsp3) is 0.571. The lowest BCUT2D eigenvalue weighted by molar-refractivity contribution is 0.271. The first-order valence-electron chi connectivity index (χ1n) is 6.18. The summed E-state index contributed by atoms with van der Waals surface area (Å²) >= 11 is 19.0. The number of alkyl halides is 1. The van der Waals surface area contributed by atoms with Crippen LogP contribution < -0.4 is 0 Å². The summed E-state index contributed by atoms with van der Waals surface area (Å²) in [5.74, 6) is 0. The SMILES string of the molecule is CCC1(C(Cl)c2cc(Cl)ccc2Cl)CCCC1. The third kappa shape index (κ3) is 2.59. The van der Waals surface area contributed by atoms with Gasteiger partial charge >= 0.3 is 0 Å². The molecule has 1 saturated carbocycles. The highest BCUT2D eigenvalue weighted by Crippen LogP contribution is 2.54. The van der Waals surface area contributed by atoms with Gasteiger partial charge < -0.3 is 0 Å². The molecular weight excluding hydrogens is 275 g/mol. The van der Waals surface area contributed by atoms with Crippen molar-refractivity contribution in [1.29, 1.82) is 0 Å². The van der Waals surface area contributed by atoms with E-state index >= 15 is 0 Å². The van der Waals surface area contributed by atoms with Gasteiger partial charge in [0.2, 0.25) is 0 Å². The molecule has 3 heteroatoms. The molecule has 1 aliphatic carbocycles. The quantitative estimate of drug-likeness (QED) is 0.578. The lowest BCUT2D eigenvalue weighted by atomic mass is 9.77. The maximum absolute atomic E-state index is 6.70. The first-order valence-corrected chi connectivity index (χ1v) is 7.37. The first-order chi connectivity index (χ1) is 8.09. The standard InChI is InChI=1S/C14H17Cl3/c1-2-14(7-3-4-8-14)13(17)11-9-10(15)5-6-12(11)16/h5-6,9,13H,2-4,7-8H2,1H3. The van der Waals surface area contributed by atoms with E-state index in [0.29, 0.717) is 5.02 Å². The molecule has 0 aliphatic heterocycles. The molecule has 1 fully saturated rings. The summed E-state index contributed by atoms with van der Waals surface area (Å²) in [6.45, 7) is 2.22. The zero-order chi connectivity index (χ0) is 12.5. The second-order valence-corrected chi connectivity index (χ2v) is 6.23. The Hall–Kier alpha value is 0.0900. The van der Waals surface area contributed by atoms with Gasteiger partial charge in [-0.15, -0.1) is 11.6 Å². The minimum absolute atomic E-state index is 0.0267. The minimum atomic E-state index is -0.0267. The van der Waals surface area contributed by atoms with Crippen LogP contribution in [0.1, 0.15) is 50.0 Å². The van der Waals surface area contributed by atoms with Gasteiger partial charge in [0.15, 0.2) is 0 Å². The lowest BCUT2D eigenvalue weighted by Gasteiger charge is -2.33. The van der Waals surface area contributed by atoms with Gasteiger partial charge in [-0.3, -0.25) is 0 Å². The average molecular weight is 292 g/mol. The molecule has 0 aromatic heterocycles. The first kappa shape index (κ1) is 13.5. The van der Waals surface area contributed by atoms with Crippen molar-refractivity contribution >= 4 is 34.8 Å². The maximum atomic E-state index is 6.70. The van der Waals surface area contributed by atoms with Crippen LogP contribution in [-0.2, 0) is 0 Å². The van der Waals surface area contributed by atoms with Crippen LogP contribution in [0.15, 0.2) is 18.2 Å². The topological polar surface area (TPSA) is 0 Å². The zero-order valence-corrected chi connectivity index (χ0v) is 12.2. The molecule has 1 aromatic carbocycles. The fourth-order valence-corrected chi connectivity index (χ4v) is 3.92. The Morgan fingerprint density at radius 3 is 2.47 bits per heavy atom. The summed E-state index contributed by atoms with van der Waals surface area (Å²) < 4.78 is 0. The van der Waals surface area contributed by atoms with Gasteiger partial charge in [-0.05, 0) is 48.4 Å². The van der Waals surface area contributed by atoms with Crippen LogP contribution in [-0.4, -0.2) is 0 Å². The molecule has 0 nitrogen and oxygen atoms in total. The van der Waals surface area contributed by atoms with Crippen LogP contribution in [0.25, 0.3) is 0 Å². The van der Waals surface area contributed by atoms with Gasteiger partial charge in [0.05, 0.1) is 5.38 Å². The van der Waals surface area contributed by atoms with E-state index in [1.165, 1.54) is 25.7 Å². The summed E-state index contributed by atoms with van der Waals surface area (Å²) in [5, 5.41) is 1.41. The third-order valence-corrected chi connectivity index (χ3v) is 5.35. The second kappa shape index (κ2) is 5.38. The fourth-order valence-electron chi connectivity index (χ4n) is 2.90. The number of rotatable bonds is 3. The predicted octanol–water partition coefficient (Wildman–Crippen LogP) is 6.24. The van der Waals surface area contributed by atoms with Crippen LogP contribution in [0.5, 0.6) is 0 Å².